The lowest BCUT2D eigenvalue weighted by atomic mass is 9.98. The molecule has 1 N–H and O–H groups in total. The Kier molecular flexibility index (Phi) is 4.05. The van der Waals surface area contributed by atoms with Crippen molar-refractivity contribution in [2.45, 2.75) is 26.8 Å². The van der Waals surface area contributed by atoms with Crippen LogP contribution < -0.4 is 5.32 Å². The maximum atomic E-state index is 4.37. The summed E-state index contributed by atoms with van der Waals surface area (Å²) in [7, 11) is 0. The Morgan fingerprint density at radius 3 is 2.56 bits per heavy atom. The first-order chi connectivity index (χ1) is 8.72. The molecule has 1 heterocycles. The molecule has 1 aromatic heterocycles. The summed E-state index contributed by atoms with van der Waals surface area (Å²) in [6.45, 7) is 7.22. The summed E-state index contributed by atoms with van der Waals surface area (Å²) in [5, 5.41) is 3.46. The van der Waals surface area contributed by atoms with Crippen molar-refractivity contribution in [1.29, 1.82) is 0 Å². The van der Waals surface area contributed by atoms with Crippen LogP contribution in [0.1, 0.15) is 35.5 Å². The van der Waals surface area contributed by atoms with Crippen molar-refractivity contribution < 1.29 is 0 Å². The van der Waals surface area contributed by atoms with Gasteiger partial charge in [0.05, 0.1) is 6.04 Å². The van der Waals surface area contributed by atoms with Crippen molar-refractivity contribution in [2.24, 2.45) is 0 Å². The van der Waals surface area contributed by atoms with Gasteiger partial charge >= 0.3 is 0 Å². The highest BCUT2D eigenvalue weighted by molar-refractivity contribution is 5.35. The van der Waals surface area contributed by atoms with Crippen LogP contribution in [-0.4, -0.2) is 16.5 Å². The van der Waals surface area contributed by atoms with Gasteiger partial charge in [0.15, 0.2) is 0 Å². The molecule has 0 spiro atoms. The molecule has 2 rings (SSSR count). The van der Waals surface area contributed by atoms with E-state index < -0.39 is 0 Å². The largest absolute Gasteiger partial charge is 0.304 e. The molecule has 0 saturated carbocycles. The van der Waals surface area contributed by atoms with Gasteiger partial charge in [-0.05, 0) is 37.6 Å². The highest BCUT2D eigenvalue weighted by Gasteiger charge is 2.17. The molecule has 1 atom stereocenters. The molecule has 0 fully saturated rings. The monoisotopic (exact) mass is 241 g/mol. The van der Waals surface area contributed by atoms with E-state index in [-0.39, 0.29) is 6.04 Å². The highest BCUT2D eigenvalue weighted by atomic mass is 15.0. The normalized spacial score (nSPS) is 12.4. The highest BCUT2D eigenvalue weighted by Crippen LogP contribution is 2.23. The summed E-state index contributed by atoms with van der Waals surface area (Å²) in [5.74, 6) is 0.827. The van der Waals surface area contributed by atoms with Gasteiger partial charge in [0.1, 0.15) is 5.82 Å². The second-order valence-corrected chi connectivity index (χ2v) is 4.46. The summed E-state index contributed by atoms with van der Waals surface area (Å²) in [4.78, 5) is 8.74. The summed E-state index contributed by atoms with van der Waals surface area (Å²) in [5.41, 5.74) is 3.77. The van der Waals surface area contributed by atoms with Crippen molar-refractivity contribution in [1.82, 2.24) is 15.3 Å². The Morgan fingerprint density at radius 2 is 1.89 bits per heavy atom. The molecule has 3 heteroatoms. The number of aromatic nitrogens is 2. The third kappa shape index (κ3) is 2.74. The Labute approximate surface area is 108 Å². The third-order valence-electron chi connectivity index (χ3n) is 3.00. The lowest BCUT2D eigenvalue weighted by Crippen LogP contribution is -2.24. The second kappa shape index (κ2) is 5.74. The molecule has 1 aromatic carbocycles. The first kappa shape index (κ1) is 12.7. The van der Waals surface area contributed by atoms with Gasteiger partial charge in [0, 0.05) is 12.4 Å². The molecular weight excluding hydrogens is 222 g/mol. The molecule has 94 valence electrons. The number of rotatable bonds is 4. The van der Waals surface area contributed by atoms with Gasteiger partial charge in [0.25, 0.3) is 0 Å². The number of nitrogens with zero attached hydrogens (tertiary/aromatic N) is 2. The van der Waals surface area contributed by atoms with Crippen LogP contribution in [0.2, 0.25) is 0 Å². The fraction of sp³-hybridized carbons (Fsp3) is 0.333. The van der Waals surface area contributed by atoms with Gasteiger partial charge in [-0.1, -0.05) is 30.7 Å². The zero-order valence-electron chi connectivity index (χ0n) is 11.1. The van der Waals surface area contributed by atoms with E-state index in [2.05, 4.69) is 54.3 Å². The van der Waals surface area contributed by atoms with E-state index >= 15 is 0 Å². The summed E-state index contributed by atoms with van der Waals surface area (Å²) in [6.07, 6.45) is 3.58. The molecule has 0 saturated heterocycles. The molecule has 2 aromatic rings. The fourth-order valence-corrected chi connectivity index (χ4v) is 2.08. The standard InChI is InChI=1S/C15H19N3/c1-4-16-14(15-17-8-5-9-18-15)13-10-11(2)6-7-12(13)3/h5-10,14,16H,4H2,1-3H3. The Balaban J connectivity index is 2.44. The minimum Gasteiger partial charge on any atom is -0.304 e. The lowest BCUT2D eigenvalue weighted by molar-refractivity contribution is 0.594. The average molecular weight is 241 g/mol. The Morgan fingerprint density at radius 1 is 1.17 bits per heavy atom. The van der Waals surface area contributed by atoms with E-state index in [0.717, 1.165) is 12.4 Å². The number of nitrogens with one attached hydrogen (secondary N) is 1. The Hall–Kier alpha value is -1.74. The van der Waals surface area contributed by atoms with Gasteiger partial charge < -0.3 is 5.32 Å². The molecule has 0 aliphatic carbocycles. The van der Waals surface area contributed by atoms with Crippen LogP contribution in [0.5, 0.6) is 0 Å². The van der Waals surface area contributed by atoms with E-state index in [0.29, 0.717) is 0 Å². The zero-order chi connectivity index (χ0) is 13.0. The van der Waals surface area contributed by atoms with Gasteiger partial charge in [-0.25, -0.2) is 9.97 Å². The van der Waals surface area contributed by atoms with Gasteiger partial charge in [-0.2, -0.15) is 0 Å². The third-order valence-corrected chi connectivity index (χ3v) is 3.00. The van der Waals surface area contributed by atoms with Crippen LogP contribution in [-0.2, 0) is 0 Å². The maximum Gasteiger partial charge on any atom is 0.149 e. The lowest BCUT2D eigenvalue weighted by Gasteiger charge is -2.19. The number of aryl methyl sites for hydroxylation is 2. The molecule has 0 aliphatic heterocycles. The van der Waals surface area contributed by atoms with Gasteiger partial charge in [0.2, 0.25) is 0 Å². The van der Waals surface area contributed by atoms with Crippen LogP contribution in [0.15, 0.2) is 36.7 Å². The summed E-state index contributed by atoms with van der Waals surface area (Å²) >= 11 is 0. The van der Waals surface area contributed by atoms with Crippen LogP contribution in [0.4, 0.5) is 0 Å². The van der Waals surface area contributed by atoms with Crippen molar-refractivity contribution in [2.75, 3.05) is 6.54 Å². The van der Waals surface area contributed by atoms with Gasteiger partial charge in [-0.3, -0.25) is 0 Å². The van der Waals surface area contributed by atoms with Crippen molar-refractivity contribution >= 4 is 0 Å². The van der Waals surface area contributed by atoms with Crippen LogP contribution in [0.3, 0.4) is 0 Å². The van der Waals surface area contributed by atoms with E-state index in [4.69, 9.17) is 0 Å². The number of benzene rings is 1. The first-order valence-electron chi connectivity index (χ1n) is 6.29. The molecule has 3 nitrogen and oxygen atoms in total. The molecule has 0 amide bonds. The van der Waals surface area contributed by atoms with Crippen molar-refractivity contribution in [3.8, 4) is 0 Å². The van der Waals surface area contributed by atoms with Crippen molar-refractivity contribution in [3.63, 3.8) is 0 Å². The number of hydrogen-bond donors (Lipinski definition) is 1. The van der Waals surface area contributed by atoms with Gasteiger partial charge in [-0.15, -0.1) is 0 Å². The first-order valence-corrected chi connectivity index (χ1v) is 6.29. The Bertz CT molecular complexity index is 508. The average Bonchev–Trinajstić information content (AvgIpc) is 2.40. The van der Waals surface area contributed by atoms with Crippen LogP contribution >= 0.6 is 0 Å². The summed E-state index contributed by atoms with van der Waals surface area (Å²) < 4.78 is 0. The SMILES string of the molecule is CCNC(c1ncccn1)c1cc(C)ccc1C. The van der Waals surface area contributed by atoms with E-state index in [9.17, 15) is 0 Å². The quantitative estimate of drug-likeness (QED) is 0.894. The van der Waals surface area contributed by atoms with E-state index in [1.54, 1.807) is 12.4 Å². The molecule has 1 unspecified atom stereocenters. The predicted octanol–water partition coefficient (Wildman–Crippen LogP) is 2.79. The minimum absolute atomic E-state index is 0.0658. The maximum absolute atomic E-state index is 4.37. The molecule has 0 aliphatic rings. The predicted molar refractivity (Wildman–Crippen MR) is 73.5 cm³/mol. The number of hydrogen-bond acceptors (Lipinski definition) is 3. The molecule has 0 radical (unpaired) electrons. The zero-order valence-corrected chi connectivity index (χ0v) is 11.1. The van der Waals surface area contributed by atoms with E-state index in [1.165, 1.54) is 16.7 Å². The minimum atomic E-state index is 0.0658. The van der Waals surface area contributed by atoms with E-state index in [1.807, 2.05) is 6.07 Å². The summed E-state index contributed by atoms with van der Waals surface area (Å²) in [6, 6.07) is 8.40. The molecule has 0 bridgehead atoms. The van der Waals surface area contributed by atoms with Crippen LogP contribution in [0, 0.1) is 13.8 Å². The second-order valence-electron chi connectivity index (χ2n) is 4.46. The molecular formula is C15H19N3. The topological polar surface area (TPSA) is 37.8 Å². The smallest absolute Gasteiger partial charge is 0.149 e. The van der Waals surface area contributed by atoms with Crippen LogP contribution in [0.25, 0.3) is 0 Å². The molecule has 18 heavy (non-hydrogen) atoms. The van der Waals surface area contributed by atoms with Crippen molar-refractivity contribution in [3.05, 3.63) is 59.2 Å². The fourth-order valence-electron chi connectivity index (χ4n) is 2.08.